The molecule has 0 atom stereocenters. The van der Waals surface area contributed by atoms with E-state index in [9.17, 15) is 14.0 Å². The number of rotatable bonds is 6. The molecule has 2 saturated heterocycles. The standard InChI is InChI=1S/C21H29ClFN5O2/c1-2-24-21(25-9-10-28-19(29)7-4-8-20(28)30)27-13-11-26(12-14-27)15-16-17(22)5-3-6-18(16)23/h3,5-6H,2,4,7-15H2,1H3,(H,24,25). The highest BCUT2D eigenvalue weighted by Gasteiger charge is 2.25. The molecule has 3 rings (SSSR count). The molecule has 2 aliphatic rings. The number of piperazine rings is 1. The smallest absolute Gasteiger partial charge is 0.229 e. The van der Waals surface area contributed by atoms with Gasteiger partial charge >= 0.3 is 0 Å². The van der Waals surface area contributed by atoms with Gasteiger partial charge in [0.25, 0.3) is 0 Å². The third-order valence-corrected chi connectivity index (χ3v) is 5.77. The van der Waals surface area contributed by atoms with Crippen LogP contribution in [0.15, 0.2) is 23.2 Å². The van der Waals surface area contributed by atoms with E-state index in [2.05, 4.69) is 20.1 Å². The van der Waals surface area contributed by atoms with Gasteiger partial charge in [-0.25, -0.2) is 4.39 Å². The van der Waals surface area contributed by atoms with Crippen LogP contribution in [0.4, 0.5) is 4.39 Å². The summed E-state index contributed by atoms with van der Waals surface area (Å²) in [5.41, 5.74) is 0.532. The number of aliphatic imine (C=N–C) groups is 1. The summed E-state index contributed by atoms with van der Waals surface area (Å²) in [7, 11) is 0. The third kappa shape index (κ3) is 5.70. The molecule has 1 aromatic carbocycles. The van der Waals surface area contributed by atoms with Crippen LogP contribution < -0.4 is 5.32 Å². The van der Waals surface area contributed by atoms with Crippen LogP contribution in [0.3, 0.4) is 0 Å². The Bertz CT molecular complexity index is 759. The number of carbonyl (C=O) groups is 2. The summed E-state index contributed by atoms with van der Waals surface area (Å²) in [5, 5.41) is 3.74. The van der Waals surface area contributed by atoms with Crippen LogP contribution >= 0.6 is 11.6 Å². The Balaban J connectivity index is 1.54. The van der Waals surface area contributed by atoms with E-state index in [0.29, 0.717) is 49.5 Å². The first-order chi connectivity index (χ1) is 14.5. The van der Waals surface area contributed by atoms with Gasteiger partial charge in [0.2, 0.25) is 11.8 Å². The lowest BCUT2D eigenvalue weighted by atomic mass is 10.1. The summed E-state index contributed by atoms with van der Waals surface area (Å²) in [6.07, 6.45) is 1.51. The maximum Gasteiger partial charge on any atom is 0.229 e. The maximum atomic E-state index is 14.1. The highest BCUT2D eigenvalue weighted by Crippen LogP contribution is 2.21. The van der Waals surface area contributed by atoms with Crippen LogP contribution in [0.2, 0.25) is 5.02 Å². The van der Waals surface area contributed by atoms with Crippen LogP contribution in [-0.4, -0.2) is 78.3 Å². The van der Waals surface area contributed by atoms with Gasteiger partial charge in [0, 0.05) is 69.2 Å². The largest absolute Gasteiger partial charge is 0.357 e. The van der Waals surface area contributed by atoms with E-state index in [0.717, 1.165) is 38.7 Å². The lowest BCUT2D eigenvalue weighted by molar-refractivity contribution is -0.147. The van der Waals surface area contributed by atoms with Gasteiger partial charge in [-0.05, 0) is 25.5 Å². The van der Waals surface area contributed by atoms with Crippen molar-refractivity contribution in [1.82, 2.24) is 20.0 Å². The molecule has 0 bridgehead atoms. The van der Waals surface area contributed by atoms with Crippen molar-refractivity contribution in [3.8, 4) is 0 Å². The second-order valence-electron chi connectivity index (χ2n) is 7.49. The lowest BCUT2D eigenvalue weighted by Crippen LogP contribution is -2.52. The number of halogens is 2. The molecular weight excluding hydrogens is 409 g/mol. The molecule has 0 spiro atoms. The number of hydrogen-bond donors (Lipinski definition) is 1. The van der Waals surface area contributed by atoms with E-state index in [1.54, 1.807) is 12.1 Å². The highest BCUT2D eigenvalue weighted by atomic mass is 35.5. The first kappa shape index (κ1) is 22.5. The number of amides is 2. The average molecular weight is 438 g/mol. The number of likely N-dealkylation sites (tertiary alicyclic amines) is 1. The number of guanidine groups is 1. The molecule has 164 valence electrons. The van der Waals surface area contributed by atoms with E-state index in [4.69, 9.17) is 11.6 Å². The number of carbonyl (C=O) groups excluding carboxylic acids is 2. The van der Waals surface area contributed by atoms with Crippen LogP contribution in [0, 0.1) is 5.82 Å². The summed E-state index contributed by atoms with van der Waals surface area (Å²) in [5.74, 6) is 0.290. The summed E-state index contributed by atoms with van der Waals surface area (Å²) < 4.78 is 14.1. The topological polar surface area (TPSA) is 68.2 Å². The van der Waals surface area contributed by atoms with Crippen LogP contribution in [0.5, 0.6) is 0 Å². The molecule has 30 heavy (non-hydrogen) atoms. The SMILES string of the molecule is CCNC(=NCCN1C(=O)CCCC1=O)N1CCN(Cc2c(F)cccc2Cl)CC1. The lowest BCUT2D eigenvalue weighted by Gasteiger charge is -2.36. The Morgan fingerprint density at radius 3 is 2.50 bits per heavy atom. The second kappa shape index (κ2) is 10.7. The van der Waals surface area contributed by atoms with E-state index in [1.807, 2.05) is 6.92 Å². The van der Waals surface area contributed by atoms with Gasteiger partial charge < -0.3 is 10.2 Å². The van der Waals surface area contributed by atoms with Crippen LogP contribution in [0.25, 0.3) is 0 Å². The molecule has 2 amide bonds. The third-order valence-electron chi connectivity index (χ3n) is 5.42. The Morgan fingerprint density at radius 1 is 1.17 bits per heavy atom. The van der Waals surface area contributed by atoms with Crippen molar-refractivity contribution >= 4 is 29.4 Å². The Kier molecular flexibility index (Phi) is 8.04. The van der Waals surface area contributed by atoms with Crippen LogP contribution in [0.1, 0.15) is 31.7 Å². The van der Waals surface area contributed by atoms with Crippen molar-refractivity contribution in [3.05, 3.63) is 34.6 Å². The van der Waals surface area contributed by atoms with Gasteiger partial charge in [0.05, 0.1) is 6.54 Å². The van der Waals surface area contributed by atoms with Gasteiger partial charge in [-0.2, -0.15) is 0 Å². The highest BCUT2D eigenvalue weighted by molar-refractivity contribution is 6.31. The molecule has 2 heterocycles. The second-order valence-corrected chi connectivity index (χ2v) is 7.90. The predicted molar refractivity (Wildman–Crippen MR) is 115 cm³/mol. The number of imide groups is 1. The summed E-state index contributed by atoms with van der Waals surface area (Å²) in [6, 6.07) is 4.76. The van der Waals surface area contributed by atoms with Crippen molar-refractivity contribution < 1.29 is 14.0 Å². The fraction of sp³-hybridized carbons (Fsp3) is 0.571. The van der Waals surface area contributed by atoms with E-state index >= 15 is 0 Å². The predicted octanol–water partition coefficient (Wildman–Crippen LogP) is 2.10. The Hall–Kier alpha value is -2.19. The van der Waals surface area contributed by atoms with Crippen molar-refractivity contribution in [3.63, 3.8) is 0 Å². The minimum absolute atomic E-state index is 0.105. The Morgan fingerprint density at radius 2 is 1.87 bits per heavy atom. The quantitative estimate of drug-likeness (QED) is 0.419. The van der Waals surface area contributed by atoms with Crippen molar-refractivity contribution in [1.29, 1.82) is 0 Å². The maximum absolute atomic E-state index is 14.1. The summed E-state index contributed by atoms with van der Waals surface area (Å²) >= 11 is 6.15. The number of benzene rings is 1. The molecular formula is C21H29ClFN5O2. The molecule has 9 heteroatoms. The summed E-state index contributed by atoms with van der Waals surface area (Å²) in [6.45, 7) is 6.93. The molecule has 0 radical (unpaired) electrons. The zero-order valence-corrected chi connectivity index (χ0v) is 18.1. The molecule has 1 N–H and O–H groups in total. The minimum Gasteiger partial charge on any atom is -0.357 e. The zero-order valence-electron chi connectivity index (χ0n) is 17.4. The molecule has 0 unspecified atom stereocenters. The monoisotopic (exact) mass is 437 g/mol. The van der Waals surface area contributed by atoms with E-state index in [-0.39, 0.29) is 17.6 Å². The van der Waals surface area contributed by atoms with Crippen molar-refractivity contribution in [2.24, 2.45) is 4.99 Å². The molecule has 1 aromatic rings. The fourth-order valence-corrected chi connectivity index (χ4v) is 3.98. The number of piperidine rings is 1. The molecule has 0 saturated carbocycles. The Labute approximate surface area is 181 Å². The van der Waals surface area contributed by atoms with E-state index < -0.39 is 0 Å². The molecule has 2 aliphatic heterocycles. The molecule has 2 fully saturated rings. The molecule has 7 nitrogen and oxygen atoms in total. The van der Waals surface area contributed by atoms with Crippen LogP contribution in [-0.2, 0) is 16.1 Å². The number of nitrogens with one attached hydrogen (secondary N) is 1. The van der Waals surface area contributed by atoms with Gasteiger partial charge in [-0.3, -0.25) is 24.4 Å². The first-order valence-corrected chi connectivity index (χ1v) is 10.9. The van der Waals surface area contributed by atoms with Gasteiger partial charge in [-0.15, -0.1) is 0 Å². The van der Waals surface area contributed by atoms with Crippen molar-refractivity contribution in [2.75, 3.05) is 45.8 Å². The van der Waals surface area contributed by atoms with Gasteiger partial charge in [0.1, 0.15) is 5.82 Å². The normalized spacial score (nSPS) is 18.8. The first-order valence-electron chi connectivity index (χ1n) is 10.5. The summed E-state index contributed by atoms with van der Waals surface area (Å²) in [4.78, 5) is 34.1. The average Bonchev–Trinajstić information content (AvgIpc) is 2.73. The molecule has 0 aromatic heterocycles. The molecule has 0 aliphatic carbocycles. The zero-order chi connectivity index (χ0) is 21.5. The fourth-order valence-electron chi connectivity index (χ4n) is 3.76. The van der Waals surface area contributed by atoms with Gasteiger partial charge in [0.15, 0.2) is 5.96 Å². The number of nitrogens with zero attached hydrogens (tertiary/aromatic N) is 4. The van der Waals surface area contributed by atoms with Crippen molar-refractivity contribution in [2.45, 2.75) is 32.7 Å². The minimum atomic E-state index is -0.276. The van der Waals surface area contributed by atoms with E-state index in [1.165, 1.54) is 11.0 Å². The van der Waals surface area contributed by atoms with Gasteiger partial charge in [-0.1, -0.05) is 17.7 Å². The number of hydrogen-bond acceptors (Lipinski definition) is 4.